The van der Waals surface area contributed by atoms with E-state index in [0.29, 0.717) is 6.42 Å². The van der Waals surface area contributed by atoms with Crippen LogP contribution in [0.15, 0.2) is 5.11 Å². The summed E-state index contributed by atoms with van der Waals surface area (Å²) in [7, 11) is 0. The lowest BCUT2D eigenvalue weighted by Crippen LogP contribution is -2.60. The zero-order chi connectivity index (χ0) is 52.4. The molecular weight excluding hydrogens is 935 g/mol. The van der Waals surface area contributed by atoms with Crippen molar-refractivity contribution in [1.29, 1.82) is 0 Å². The number of nitrogens with zero attached hydrogens (tertiary/aromatic N) is 4. The van der Waals surface area contributed by atoms with Gasteiger partial charge in [-0.05, 0) is 114 Å². The summed E-state index contributed by atoms with van der Waals surface area (Å²) in [4.78, 5) is 41.8. The van der Waals surface area contributed by atoms with Crippen LogP contribution in [0, 0.1) is 142 Å². The van der Waals surface area contributed by atoms with Gasteiger partial charge in [-0.1, -0.05) is 95.0 Å². The smallest absolute Gasteiger partial charge is 0.297 e. The number of thioether (sulfide) groups is 1. The number of azide groups is 1. The summed E-state index contributed by atoms with van der Waals surface area (Å²) in [5.74, 6) is 57.3. The second-order valence-electron chi connectivity index (χ2n) is 15.7. The van der Waals surface area contributed by atoms with Crippen LogP contribution in [0.5, 0.6) is 0 Å². The number of aliphatic hydroxyl groups is 5. The van der Waals surface area contributed by atoms with E-state index < -0.39 is 78.5 Å². The fraction of sp³-hybridized carbons (Fsp3) is 0.518. The molecule has 2 fully saturated rings. The number of nitrogens with one attached hydrogen (secondary N) is 1. The number of carbonyl (C=O) groups is 3. The monoisotopic (exact) mass is 991 g/mol. The van der Waals surface area contributed by atoms with Crippen LogP contribution >= 0.6 is 11.8 Å². The first-order valence-electron chi connectivity index (χ1n) is 23.4. The number of hydrogen-bond acceptors (Lipinski definition) is 12. The van der Waals surface area contributed by atoms with Gasteiger partial charge in [-0.25, -0.2) is 0 Å². The predicted octanol–water partition coefficient (Wildman–Crippen LogP) is 2.34. The Morgan fingerprint density at radius 2 is 1.21 bits per heavy atom. The minimum atomic E-state index is -1.78. The van der Waals surface area contributed by atoms with E-state index in [1.807, 2.05) is 0 Å². The lowest BCUT2D eigenvalue weighted by atomic mass is 9.98. The van der Waals surface area contributed by atoms with Crippen LogP contribution in [0.4, 0.5) is 0 Å². The molecule has 372 valence electrons. The van der Waals surface area contributed by atoms with E-state index in [1.165, 1.54) is 44.9 Å². The Morgan fingerprint density at radius 1 is 0.736 bits per heavy atom. The minimum Gasteiger partial charge on any atom is -0.390 e. The summed E-state index contributed by atoms with van der Waals surface area (Å²) >= 11 is 0.993. The second kappa shape index (κ2) is 39.4. The number of hydrogen-bond donors (Lipinski definition) is 6. The lowest BCUT2D eigenvalue weighted by Gasteiger charge is -2.41. The largest absolute Gasteiger partial charge is 0.390 e. The van der Waals surface area contributed by atoms with E-state index in [0.717, 1.165) is 42.3 Å². The minimum absolute atomic E-state index is 0.0852. The van der Waals surface area contributed by atoms with Crippen molar-refractivity contribution in [1.82, 2.24) is 10.2 Å². The Hall–Kier alpha value is -7.29. The maximum absolute atomic E-state index is 12.9. The van der Waals surface area contributed by atoms with E-state index in [9.17, 15) is 39.9 Å². The van der Waals surface area contributed by atoms with Gasteiger partial charge in [0, 0.05) is 71.6 Å². The van der Waals surface area contributed by atoms with Crippen LogP contribution in [0.2, 0.25) is 0 Å². The van der Waals surface area contributed by atoms with Crippen molar-refractivity contribution < 1.29 is 49.4 Å². The third-order valence-electron chi connectivity index (χ3n) is 10.3. The van der Waals surface area contributed by atoms with Gasteiger partial charge in [0.2, 0.25) is 11.8 Å². The zero-order valence-corrected chi connectivity index (χ0v) is 41.2. The maximum atomic E-state index is 12.9. The van der Waals surface area contributed by atoms with Gasteiger partial charge in [0.05, 0.1) is 30.1 Å². The molecule has 0 aromatic rings. The fourth-order valence-corrected chi connectivity index (χ4v) is 7.88. The molecule has 0 spiro atoms. The van der Waals surface area contributed by atoms with Crippen molar-refractivity contribution >= 4 is 29.5 Å². The first kappa shape index (κ1) is 60.8. The van der Waals surface area contributed by atoms with Crippen molar-refractivity contribution in [3.05, 3.63) is 10.4 Å². The Balaban J connectivity index is 2.04. The van der Waals surface area contributed by atoms with Crippen molar-refractivity contribution in [3.63, 3.8) is 0 Å². The van der Waals surface area contributed by atoms with Gasteiger partial charge in [-0.3, -0.25) is 19.3 Å². The molecule has 72 heavy (non-hydrogen) atoms. The van der Waals surface area contributed by atoms with Gasteiger partial charge in [0.25, 0.3) is 5.91 Å². The Labute approximate surface area is 428 Å². The third kappa shape index (κ3) is 26.6. The molecule has 0 aromatic heterocycles. The van der Waals surface area contributed by atoms with Gasteiger partial charge in [0.15, 0.2) is 6.29 Å². The molecule has 2 rings (SSSR count). The predicted molar refractivity (Wildman–Crippen MR) is 273 cm³/mol. The first-order chi connectivity index (χ1) is 35.0. The number of imide groups is 1. The van der Waals surface area contributed by atoms with Crippen molar-refractivity contribution in [2.24, 2.45) is 5.11 Å². The molecule has 6 N–H and O–H groups in total. The third-order valence-corrected chi connectivity index (χ3v) is 11.6. The molecule has 2 heterocycles. The molecule has 2 aliphatic heterocycles. The standard InChI is InChI=1S/C56H57N5O10S/c1-3-5-7-9-11-13-15-17-18-19-20-21-22-23-24-25-26-27-29-31-33-35-37-39-49(63)59-45(51(65)46(62)38-36-34-32-30-28-16-14-12-10-8-6-4-2)43-70-56-54(68)53(67)52(66)47(71-56)44-72-48-42-50(64)61(55(48)69)41-40-58-60-57/h45-48,51-54,56,62,65-68H,4,6,8,10,12,14,16,28,30,32,34,36,38,40-44H2,1-2H3,(H,59,63)/t45-,46+,47?,48?,51-,52-,53-,54?,56-/m0/s1. The van der Waals surface area contributed by atoms with E-state index >= 15 is 0 Å². The Kier molecular flexibility index (Phi) is 33.3. The molecule has 0 bridgehead atoms. The molecule has 3 unspecified atom stereocenters. The van der Waals surface area contributed by atoms with Gasteiger partial charge < -0.3 is 40.3 Å². The summed E-state index contributed by atoms with van der Waals surface area (Å²) in [6.07, 6.45) is 2.63. The maximum Gasteiger partial charge on any atom is 0.297 e. The Morgan fingerprint density at radius 3 is 1.69 bits per heavy atom. The molecule has 3 amide bonds. The van der Waals surface area contributed by atoms with Gasteiger partial charge in [-0.15, -0.1) is 11.8 Å². The highest BCUT2D eigenvalue weighted by atomic mass is 32.2. The zero-order valence-electron chi connectivity index (χ0n) is 40.4. The molecule has 2 aliphatic rings. The van der Waals surface area contributed by atoms with Crippen molar-refractivity contribution in [3.8, 4) is 142 Å². The summed E-state index contributed by atoms with van der Waals surface area (Å²) in [6.45, 7) is 3.15. The summed E-state index contributed by atoms with van der Waals surface area (Å²) in [6, 6.07) is -1.30. The van der Waals surface area contributed by atoms with Crippen LogP contribution in [0.25, 0.3) is 10.4 Å². The lowest BCUT2D eigenvalue weighted by molar-refractivity contribution is -0.294. The summed E-state index contributed by atoms with van der Waals surface area (Å²) in [5, 5.41) is 59.6. The highest BCUT2D eigenvalue weighted by molar-refractivity contribution is 8.00. The van der Waals surface area contributed by atoms with Crippen molar-refractivity contribution in [2.75, 3.05) is 25.4 Å². The van der Waals surface area contributed by atoms with Crippen LogP contribution in [0.1, 0.15) is 104 Å². The van der Waals surface area contributed by atoms with E-state index in [4.69, 9.17) is 15.0 Å². The van der Waals surface area contributed by atoms with Crippen molar-refractivity contribution in [2.45, 2.75) is 158 Å². The number of rotatable bonds is 25. The quantitative estimate of drug-likeness (QED) is 0.0194. The molecular formula is C56H57N5O10S. The highest BCUT2D eigenvalue weighted by Gasteiger charge is 2.46. The van der Waals surface area contributed by atoms with Crippen LogP contribution in [0.3, 0.4) is 0 Å². The normalized spacial score (nSPS) is 18.8. The molecule has 0 saturated carbocycles. The first-order valence-corrected chi connectivity index (χ1v) is 24.5. The fourth-order valence-electron chi connectivity index (χ4n) is 6.65. The summed E-state index contributed by atoms with van der Waals surface area (Å²) < 4.78 is 11.6. The number of amides is 3. The van der Waals surface area contributed by atoms with Crippen LogP contribution < -0.4 is 5.32 Å². The highest BCUT2D eigenvalue weighted by Crippen LogP contribution is 2.30. The molecule has 16 heteroatoms. The Bertz CT molecular complexity index is 2690. The topological polar surface area (TPSA) is 235 Å². The van der Waals surface area contributed by atoms with E-state index in [-0.39, 0.29) is 31.7 Å². The number of aliphatic hydroxyl groups excluding tert-OH is 5. The summed E-state index contributed by atoms with van der Waals surface area (Å²) in [5.41, 5.74) is 8.53. The molecule has 9 atom stereocenters. The molecule has 0 radical (unpaired) electrons. The van der Waals surface area contributed by atoms with Crippen LogP contribution in [-0.4, -0.2) is 128 Å². The molecule has 2 saturated heterocycles. The van der Waals surface area contributed by atoms with Gasteiger partial charge in [-0.2, -0.15) is 0 Å². The van der Waals surface area contributed by atoms with E-state index in [2.05, 4.69) is 164 Å². The van der Waals surface area contributed by atoms with E-state index in [1.54, 1.807) is 6.92 Å². The molecule has 15 nitrogen and oxygen atoms in total. The number of ether oxygens (including phenoxy) is 2. The second-order valence-corrected chi connectivity index (χ2v) is 16.9. The number of carbonyl (C=O) groups excluding carboxylic acids is 3. The number of unbranched alkanes of at least 4 members (excludes halogenated alkanes) is 11. The van der Waals surface area contributed by atoms with Crippen LogP contribution in [-0.2, 0) is 23.9 Å². The average molecular weight is 992 g/mol. The average Bonchev–Trinajstić information content (AvgIpc) is 3.64. The van der Waals surface area contributed by atoms with Gasteiger partial charge >= 0.3 is 0 Å². The molecule has 0 aliphatic carbocycles. The molecule has 0 aromatic carbocycles. The van der Waals surface area contributed by atoms with Gasteiger partial charge in [0.1, 0.15) is 24.4 Å². The number of likely N-dealkylation sites (tertiary alicyclic amines) is 1. The SMILES string of the molecule is CC#CC#CC#CC#CC#CC#CC#CC#CC#CC#CC#CC#CC(=O)N[C@@H](CO[C@H]1OC(CSC2CC(=O)N(CCN=[N+]=[N-])C2=O)[C@H](O)[C@H](O)C1O)[C@H](O)[C@H](O)CCCCCCCCCCCCCC.